The van der Waals surface area contributed by atoms with E-state index in [9.17, 15) is 18.0 Å². The SMILES string of the molecule is COCCC(C)(C)CNC(=NCc1cccc(C(F)(F)F)c1)NCC(=O)N(C)C. The molecule has 0 fully saturated rings. The number of ether oxygens (including phenoxy) is 1. The fraction of sp³-hybridized carbons (Fsp3) is 0.600. The number of halogens is 3. The summed E-state index contributed by atoms with van der Waals surface area (Å²) < 4.78 is 43.8. The summed E-state index contributed by atoms with van der Waals surface area (Å²) in [6, 6.07) is 5.05. The van der Waals surface area contributed by atoms with Crippen molar-refractivity contribution in [3.8, 4) is 0 Å². The van der Waals surface area contributed by atoms with Gasteiger partial charge in [-0.3, -0.25) is 4.79 Å². The van der Waals surface area contributed by atoms with Crippen LogP contribution in [-0.4, -0.2) is 57.7 Å². The number of aliphatic imine (C=N–C) groups is 1. The van der Waals surface area contributed by atoms with Gasteiger partial charge in [0.15, 0.2) is 5.96 Å². The third-order valence-corrected chi connectivity index (χ3v) is 4.30. The first-order valence-electron chi connectivity index (χ1n) is 9.32. The molecule has 2 N–H and O–H groups in total. The number of methoxy groups -OCH3 is 1. The molecule has 29 heavy (non-hydrogen) atoms. The number of carbonyl (C=O) groups is 1. The molecule has 0 heterocycles. The van der Waals surface area contributed by atoms with Gasteiger partial charge in [-0.2, -0.15) is 13.2 Å². The Kier molecular flexibility index (Phi) is 9.42. The van der Waals surface area contributed by atoms with E-state index in [1.165, 1.54) is 11.0 Å². The monoisotopic (exact) mass is 416 g/mol. The maximum absolute atomic E-state index is 12.9. The van der Waals surface area contributed by atoms with Crippen molar-refractivity contribution in [3.05, 3.63) is 35.4 Å². The number of likely N-dealkylation sites (N-methyl/N-ethyl adjacent to an activating group) is 1. The van der Waals surface area contributed by atoms with Gasteiger partial charge < -0.3 is 20.3 Å². The number of alkyl halides is 3. The molecule has 0 atom stereocenters. The number of rotatable bonds is 9. The maximum Gasteiger partial charge on any atom is 0.416 e. The van der Waals surface area contributed by atoms with E-state index >= 15 is 0 Å². The van der Waals surface area contributed by atoms with Crippen molar-refractivity contribution in [3.63, 3.8) is 0 Å². The minimum atomic E-state index is -4.40. The van der Waals surface area contributed by atoms with Crippen molar-refractivity contribution in [1.82, 2.24) is 15.5 Å². The fourth-order valence-electron chi connectivity index (χ4n) is 2.30. The molecule has 1 aromatic carbocycles. The van der Waals surface area contributed by atoms with E-state index in [-0.39, 0.29) is 24.4 Å². The van der Waals surface area contributed by atoms with Crippen molar-refractivity contribution in [2.24, 2.45) is 10.4 Å². The zero-order chi connectivity index (χ0) is 22.1. The van der Waals surface area contributed by atoms with Gasteiger partial charge in [-0.05, 0) is 29.5 Å². The molecule has 6 nitrogen and oxygen atoms in total. The van der Waals surface area contributed by atoms with Crippen LogP contribution in [0.4, 0.5) is 13.2 Å². The van der Waals surface area contributed by atoms with Crippen LogP contribution >= 0.6 is 0 Å². The summed E-state index contributed by atoms with van der Waals surface area (Å²) in [6.45, 7) is 5.37. The first-order valence-corrected chi connectivity index (χ1v) is 9.32. The standard InChI is InChI=1S/C20H31F3N4O2/c1-19(2,9-10-29-5)14-26-18(25-13-17(28)27(3)4)24-12-15-7-6-8-16(11-15)20(21,22)23/h6-8,11H,9-10,12-14H2,1-5H3,(H2,24,25,26). The molecular formula is C20H31F3N4O2. The number of carbonyl (C=O) groups excluding carboxylic acids is 1. The summed E-state index contributed by atoms with van der Waals surface area (Å²) in [5.74, 6) is 0.223. The van der Waals surface area contributed by atoms with E-state index in [2.05, 4.69) is 29.5 Å². The molecular weight excluding hydrogens is 385 g/mol. The van der Waals surface area contributed by atoms with Gasteiger partial charge in [-0.25, -0.2) is 4.99 Å². The number of nitrogens with zero attached hydrogens (tertiary/aromatic N) is 2. The van der Waals surface area contributed by atoms with E-state index in [4.69, 9.17) is 4.74 Å². The van der Waals surface area contributed by atoms with Crippen molar-refractivity contribution in [1.29, 1.82) is 0 Å². The molecule has 0 bridgehead atoms. The first kappa shape index (κ1) is 24.7. The van der Waals surface area contributed by atoms with Crippen molar-refractivity contribution >= 4 is 11.9 Å². The predicted molar refractivity (Wildman–Crippen MR) is 108 cm³/mol. The molecule has 0 unspecified atom stereocenters. The third kappa shape index (κ3) is 9.65. The largest absolute Gasteiger partial charge is 0.416 e. The average molecular weight is 416 g/mol. The first-order chi connectivity index (χ1) is 13.4. The van der Waals surface area contributed by atoms with Crippen molar-refractivity contribution < 1.29 is 22.7 Å². The highest BCUT2D eigenvalue weighted by atomic mass is 19.4. The van der Waals surface area contributed by atoms with Gasteiger partial charge in [0.05, 0.1) is 18.7 Å². The Balaban J connectivity index is 2.87. The summed E-state index contributed by atoms with van der Waals surface area (Å²) in [6.07, 6.45) is -3.59. The smallest absolute Gasteiger partial charge is 0.385 e. The van der Waals surface area contributed by atoms with Crippen LogP contribution in [-0.2, 0) is 22.3 Å². The minimum Gasteiger partial charge on any atom is -0.385 e. The van der Waals surface area contributed by atoms with Gasteiger partial charge >= 0.3 is 6.18 Å². The average Bonchev–Trinajstić information content (AvgIpc) is 2.65. The van der Waals surface area contributed by atoms with Gasteiger partial charge in [-0.15, -0.1) is 0 Å². The molecule has 0 saturated heterocycles. The Morgan fingerprint density at radius 2 is 1.90 bits per heavy atom. The van der Waals surface area contributed by atoms with E-state index < -0.39 is 11.7 Å². The molecule has 0 aliphatic carbocycles. The molecule has 0 aromatic heterocycles. The van der Waals surface area contributed by atoms with Gasteiger partial charge in [0.1, 0.15) is 0 Å². The zero-order valence-electron chi connectivity index (χ0n) is 17.7. The van der Waals surface area contributed by atoms with Crippen LogP contribution in [0.5, 0.6) is 0 Å². The molecule has 164 valence electrons. The lowest BCUT2D eigenvalue weighted by atomic mass is 9.90. The van der Waals surface area contributed by atoms with E-state index in [0.717, 1.165) is 18.6 Å². The lowest BCUT2D eigenvalue weighted by Gasteiger charge is -2.26. The maximum atomic E-state index is 12.9. The highest BCUT2D eigenvalue weighted by molar-refractivity contribution is 5.86. The molecule has 9 heteroatoms. The van der Waals surface area contributed by atoms with Gasteiger partial charge in [0.25, 0.3) is 0 Å². The van der Waals surface area contributed by atoms with Gasteiger partial charge in [0, 0.05) is 34.4 Å². The van der Waals surface area contributed by atoms with E-state index in [0.29, 0.717) is 24.7 Å². The van der Waals surface area contributed by atoms with Crippen LogP contribution in [0.15, 0.2) is 29.3 Å². The van der Waals surface area contributed by atoms with Crippen LogP contribution in [0.3, 0.4) is 0 Å². The highest BCUT2D eigenvalue weighted by Crippen LogP contribution is 2.29. The highest BCUT2D eigenvalue weighted by Gasteiger charge is 2.30. The quantitative estimate of drug-likeness (QED) is 0.480. The van der Waals surface area contributed by atoms with E-state index in [1.54, 1.807) is 27.3 Å². The fourth-order valence-corrected chi connectivity index (χ4v) is 2.30. The molecule has 0 radical (unpaired) electrons. The molecule has 0 aliphatic heterocycles. The molecule has 1 amide bonds. The Hall–Kier alpha value is -2.29. The summed E-state index contributed by atoms with van der Waals surface area (Å²) in [7, 11) is 4.93. The van der Waals surface area contributed by atoms with Crippen molar-refractivity contribution in [2.45, 2.75) is 33.0 Å². The van der Waals surface area contributed by atoms with Gasteiger partial charge in [0.2, 0.25) is 5.91 Å². The Labute approximate surface area is 170 Å². The van der Waals surface area contributed by atoms with Crippen LogP contribution < -0.4 is 10.6 Å². The number of amides is 1. The number of hydrogen-bond donors (Lipinski definition) is 2. The number of benzene rings is 1. The van der Waals surface area contributed by atoms with Crippen LogP contribution in [0, 0.1) is 5.41 Å². The zero-order valence-corrected chi connectivity index (χ0v) is 17.7. The summed E-state index contributed by atoms with van der Waals surface area (Å²) in [5, 5.41) is 6.11. The Bertz CT molecular complexity index is 689. The summed E-state index contributed by atoms with van der Waals surface area (Å²) in [5.41, 5.74) is -0.380. The van der Waals surface area contributed by atoms with Crippen molar-refractivity contribution in [2.75, 3.05) is 40.9 Å². The lowest BCUT2D eigenvalue weighted by Crippen LogP contribution is -2.45. The minimum absolute atomic E-state index is 0.0277. The molecule has 1 rings (SSSR count). The summed E-state index contributed by atoms with van der Waals surface area (Å²) >= 11 is 0. The molecule has 1 aromatic rings. The number of guanidine groups is 1. The molecule has 0 saturated carbocycles. The van der Waals surface area contributed by atoms with Crippen LogP contribution in [0.1, 0.15) is 31.4 Å². The predicted octanol–water partition coefficient (Wildman–Crippen LogP) is 2.89. The summed E-state index contributed by atoms with van der Waals surface area (Å²) in [4.78, 5) is 17.7. The van der Waals surface area contributed by atoms with Gasteiger partial charge in [-0.1, -0.05) is 26.0 Å². The molecule has 0 aliphatic rings. The normalized spacial score (nSPS) is 12.6. The van der Waals surface area contributed by atoms with E-state index in [1.807, 2.05) is 0 Å². The van der Waals surface area contributed by atoms with Crippen LogP contribution in [0.25, 0.3) is 0 Å². The second-order valence-corrected chi connectivity index (χ2v) is 7.77. The Morgan fingerprint density at radius 3 is 2.48 bits per heavy atom. The lowest BCUT2D eigenvalue weighted by molar-refractivity contribution is -0.137. The second kappa shape index (κ2) is 11.0. The number of nitrogens with one attached hydrogen (secondary N) is 2. The Morgan fingerprint density at radius 1 is 1.21 bits per heavy atom. The van der Waals surface area contributed by atoms with Crippen LogP contribution in [0.2, 0.25) is 0 Å². The molecule has 0 spiro atoms. The second-order valence-electron chi connectivity index (χ2n) is 7.77. The third-order valence-electron chi connectivity index (χ3n) is 4.30. The topological polar surface area (TPSA) is 66.0 Å². The number of hydrogen-bond acceptors (Lipinski definition) is 3.